The van der Waals surface area contributed by atoms with Crippen LogP contribution in [0.15, 0.2) is 66.0 Å². The Bertz CT molecular complexity index is 1310. The van der Waals surface area contributed by atoms with Gasteiger partial charge in [0.2, 0.25) is 0 Å². The zero-order valence-corrected chi connectivity index (χ0v) is 17.1. The van der Waals surface area contributed by atoms with Gasteiger partial charge in [-0.1, -0.05) is 41.9 Å². The van der Waals surface area contributed by atoms with Gasteiger partial charge in [-0.15, -0.1) is 11.3 Å². The van der Waals surface area contributed by atoms with Crippen LogP contribution in [-0.2, 0) is 7.05 Å². The minimum atomic E-state index is -0.491. The number of hydrogen-bond donors (Lipinski definition) is 1. The number of fused-ring (bicyclic) bond motifs is 1. The van der Waals surface area contributed by atoms with Crippen molar-refractivity contribution in [3.05, 3.63) is 92.3 Å². The molecule has 30 heavy (non-hydrogen) atoms. The quantitative estimate of drug-likeness (QED) is 0.283. The topological polar surface area (TPSA) is 102 Å². The molecule has 0 radical (unpaired) electrons. The standard InChI is InChI=1S/C20H14ClN5O3S/c1-25-10-9-22-19(25)17(12-5-4-6-13(11-12)26(28)29)23-24-20(27)18-16(21)14-7-2-3-8-15(14)30-18/h2-11H,1H3,(H,24,27). The second kappa shape index (κ2) is 8.05. The molecule has 150 valence electrons. The van der Waals surface area contributed by atoms with Crippen LogP contribution in [0.4, 0.5) is 5.69 Å². The van der Waals surface area contributed by atoms with Crippen molar-refractivity contribution in [2.75, 3.05) is 0 Å². The second-order valence-electron chi connectivity index (χ2n) is 6.31. The van der Waals surface area contributed by atoms with Gasteiger partial charge >= 0.3 is 0 Å². The van der Waals surface area contributed by atoms with Crippen LogP contribution in [0, 0.1) is 10.1 Å². The van der Waals surface area contributed by atoms with E-state index in [1.807, 2.05) is 24.3 Å². The molecule has 0 fully saturated rings. The lowest BCUT2D eigenvalue weighted by molar-refractivity contribution is -0.384. The number of nitrogens with one attached hydrogen (secondary N) is 1. The predicted octanol–water partition coefficient (Wildman–Crippen LogP) is 4.38. The summed E-state index contributed by atoms with van der Waals surface area (Å²) in [5.41, 5.74) is 3.16. The first-order chi connectivity index (χ1) is 14.5. The van der Waals surface area contributed by atoms with Crippen LogP contribution in [-0.4, -0.2) is 26.1 Å². The summed E-state index contributed by atoms with van der Waals surface area (Å²) in [6, 6.07) is 13.4. The van der Waals surface area contributed by atoms with Gasteiger partial charge in [0, 0.05) is 47.2 Å². The molecule has 8 nitrogen and oxygen atoms in total. The molecule has 2 aromatic heterocycles. The molecule has 2 heterocycles. The number of aryl methyl sites for hydroxylation is 1. The minimum absolute atomic E-state index is 0.0895. The van der Waals surface area contributed by atoms with Gasteiger partial charge in [-0.25, -0.2) is 10.4 Å². The van der Waals surface area contributed by atoms with Gasteiger partial charge in [0.25, 0.3) is 11.6 Å². The molecule has 0 saturated heterocycles. The van der Waals surface area contributed by atoms with E-state index in [1.165, 1.54) is 23.5 Å². The number of nitro benzene ring substituents is 1. The molecule has 0 bridgehead atoms. The van der Waals surface area contributed by atoms with E-state index in [-0.39, 0.29) is 11.4 Å². The fraction of sp³-hybridized carbons (Fsp3) is 0.0500. The summed E-state index contributed by atoms with van der Waals surface area (Å²) in [5.74, 6) is -0.0309. The highest BCUT2D eigenvalue weighted by atomic mass is 35.5. The molecule has 10 heteroatoms. The van der Waals surface area contributed by atoms with Crippen LogP contribution in [0.25, 0.3) is 10.1 Å². The minimum Gasteiger partial charge on any atom is -0.333 e. The van der Waals surface area contributed by atoms with Gasteiger partial charge in [0.05, 0.1) is 9.95 Å². The van der Waals surface area contributed by atoms with E-state index < -0.39 is 10.8 Å². The number of hydrogen-bond acceptors (Lipinski definition) is 6. The highest BCUT2D eigenvalue weighted by molar-refractivity contribution is 7.21. The highest BCUT2D eigenvalue weighted by Crippen LogP contribution is 2.35. The predicted molar refractivity (Wildman–Crippen MR) is 116 cm³/mol. The number of hydrazone groups is 1. The molecule has 0 spiro atoms. The maximum absolute atomic E-state index is 12.8. The summed E-state index contributed by atoms with van der Waals surface area (Å²) in [5, 5.41) is 16.6. The molecule has 4 aromatic rings. The van der Waals surface area contributed by atoms with Crippen LogP contribution in [0.1, 0.15) is 21.1 Å². The van der Waals surface area contributed by atoms with Crippen molar-refractivity contribution < 1.29 is 9.72 Å². The van der Waals surface area contributed by atoms with Crippen molar-refractivity contribution in [1.82, 2.24) is 15.0 Å². The summed E-state index contributed by atoms with van der Waals surface area (Å²) >= 11 is 7.64. The van der Waals surface area contributed by atoms with Crippen LogP contribution < -0.4 is 5.43 Å². The lowest BCUT2D eigenvalue weighted by Crippen LogP contribution is -2.21. The molecular formula is C20H14ClN5O3S. The summed E-state index contributed by atoms with van der Waals surface area (Å²) in [7, 11) is 1.76. The molecule has 0 saturated carbocycles. The first-order valence-electron chi connectivity index (χ1n) is 8.73. The van der Waals surface area contributed by atoms with E-state index in [0.29, 0.717) is 21.3 Å². The number of non-ortho nitro benzene ring substituents is 1. The number of rotatable bonds is 5. The van der Waals surface area contributed by atoms with Crippen molar-refractivity contribution in [2.45, 2.75) is 0 Å². The number of aromatic nitrogens is 2. The first-order valence-corrected chi connectivity index (χ1v) is 9.92. The lowest BCUT2D eigenvalue weighted by Gasteiger charge is -2.08. The SMILES string of the molecule is Cn1ccnc1C(=NNC(=O)c1sc2ccccc2c1Cl)c1cccc([N+](=O)[O-])c1. The van der Waals surface area contributed by atoms with Gasteiger partial charge in [0.15, 0.2) is 5.82 Å². The maximum Gasteiger partial charge on any atom is 0.283 e. The van der Waals surface area contributed by atoms with Gasteiger partial charge in [-0.3, -0.25) is 14.9 Å². The molecule has 4 rings (SSSR count). The largest absolute Gasteiger partial charge is 0.333 e. The number of benzene rings is 2. The van der Waals surface area contributed by atoms with E-state index in [4.69, 9.17) is 11.6 Å². The number of nitrogens with zero attached hydrogens (tertiary/aromatic N) is 4. The van der Waals surface area contributed by atoms with Crippen molar-refractivity contribution >= 4 is 50.3 Å². The molecule has 2 aromatic carbocycles. The number of imidazole rings is 1. The Hall–Kier alpha value is -3.56. The van der Waals surface area contributed by atoms with E-state index in [0.717, 1.165) is 10.1 Å². The van der Waals surface area contributed by atoms with Crippen LogP contribution in [0.2, 0.25) is 5.02 Å². The molecule has 1 amide bonds. The fourth-order valence-corrected chi connectivity index (χ4v) is 4.33. The average molecular weight is 440 g/mol. The zero-order valence-electron chi connectivity index (χ0n) is 15.6. The van der Waals surface area contributed by atoms with E-state index >= 15 is 0 Å². The number of carbonyl (C=O) groups is 1. The number of amides is 1. The molecule has 0 unspecified atom stereocenters. The van der Waals surface area contributed by atoms with Crippen molar-refractivity contribution in [3.63, 3.8) is 0 Å². The maximum atomic E-state index is 12.8. The smallest absolute Gasteiger partial charge is 0.283 e. The lowest BCUT2D eigenvalue weighted by atomic mass is 10.1. The van der Waals surface area contributed by atoms with E-state index in [1.54, 1.807) is 36.1 Å². The molecule has 1 N–H and O–H groups in total. The van der Waals surface area contributed by atoms with Crippen LogP contribution in [0.5, 0.6) is 0 Å². The number of thiophene rings is 1. The monoisotopic (exact) mass is 439 g/mol. The zero-order chi connectivity index (χ0) is 21.3. The van der Waals surface area contributed by atoms with E-state index in [9.17, 15) is 14.9 Å². The highest BCUT2D eigenvalue weighted by Gasteiger charge is 2.19. The van der Waals surface area contributed by atoms with Gasteiger partial charge in [0.1, 0.15) is 10.6 Å². The Morgan fingerprint density at radius 2 is 2.07 bits per heavy atom. The second-order valence-corrected chi connectivity index (χ2v) is 7.74. The Morgan fingerprint density at radius 1 is 1.27 bits per heavy atom. The third-order valence-electron chi connectivity index (χ3n) is 4.37. The number of carbonyl (C=O) groups excluding carboxylic acids is 1. The molecule has 0 aliphatic heterocycles. The summed E-state index contributed by atoms with van der Waals surface area (Å²) in [6.07, 6.45) is 3.29. The Morgan fingerprint density at radius 3 is 2.77 bits per heavy atom. The Kier molecular flexibility index (Phi) is 5.30. The van der Waals surface area contributed by atoms with Gasteiger partial charge in [-0.05, 0) is 6.07 Å². The number of nitro groups is 1. The van der Waals surface area contributed by atoms with Gasteiger partial charge < -0.3 is 4.57 Å². The molecule has 0 atom stereocenters. The first kappa shape index (κ1) is 19.7. The van der Waals surface area contributed by atoms with Crippen molar-refractivity contribution in [3.8, 4) is 0 Å². The summed E-state index contributed by atoms with van der Waals surface area (Å²) in [4.78, 5) is 28.0. The Balaban J connectivity index is 1.73. The molecular weight excluding hydrogens is 426 g/mol. The fourth-order valence-electron chi connectivity index (χ4n) is 2.92. The third kappa shape index (κ3) is 3.68. The molecule has 0 aliphatic rings. The average Bonchev–Trinajstić information content (AvgIpc) is 3.32. The van der Waals surface area contributed by atoms with Crippen molar-refractivity contribution in [1.29, 1.82) is 0 Å². The van der Waals surface area contributed by atoms with E-state index in [2.05, 4.69) is 15.5 Å². The number of halogens is 1. The third-order valence-corrected chi connectivity index (χ3v) is 6.05. The van der Waals surface area contributed by atoms with Crippen LogP contribution in [0.3, 0.4) is 0 Å². The Labute approximate surface area is 179 Å². The van der Waals surface area contributed by atoms with Gasteiger partial charge in [-0.2, -0.15) is 5.10 Å². The summed E-state index contributed by atoms with van der Waals surface area (Å²) < 4.78 is 2.59. The summed E-state index contributed by atoms with van der Waals surface area (Å²) in [6.45, 7) is 0. The van der Waals surface area contributed by atoms with Crippen molar-refractivity contribution in [2.24, 2.45) is 12.1 Å². The van der Waals surface area contributed by atoms with Crippen LogP contribution >= 0.6 is 22.9 Å². The molecule has 0 aliphatic carbocycles. The normalized spacial score (nSPS) is 11.6.